The van der Waals surface area contributed by atoms with Crippen molar-refractivity contribution in [1.29, 1.82) is 0 Å². The van der Waals surface area contributed by atoms with Crippen molar-refractivity contribution in [3.63, 3.8) is 0 Å². The Hall–Kier alpha value is -2.20. The van der Waals surface area contributed by atoms with E-state index in [9.17, 15) is 19.2 Å². The number of amides is 3. The lowest BCUT2D eigenvalue weighted by Gasteiger charge is -2.25. The normalized spacial score (nSPS) is 18.6. The van der Waals surface area contributed by atoms with Gasteiger partial charge in [-0.15, -0.1) is 0 Å². The van der Waals surface area contributed by atoms with Gasteiger partial charge in [0.05, 0.1) is 13.2 Å². The molecule has 1 aliphatic rings. The first-order valence-corrected chi connectivity index (χ1v) is 6.81. The summed E-state index contributed by atoms with van der Waals surface area (Å²) in [5.74, 6) is -3.00. The topological polar surface area (TPSA) is 162 Å². The van der Waals surface area contributed by atoms with Crippen LogP contribution in [0.1, 0.15) is 12.8 Å². The number of carbonyl (C=O) groups excluding carboxylic acids is 3. The van der Waals surface area contributed by atoms with E-state index in [1.807, 2.05) is 0 Å². The second-order valence-electron chi connectivity index (χ2n) is 4.80. The third kappa shape index (κ3) is 4.67. The molecule has 0 aliphatic carbocycles. The Bertz CT molecular complexity index is 455. The molecule has 2 atom stereocenters. The third-order valence-corrected chi connectivity index (χ3v) is 3.28. The van der Waals surface area contributed by atoms with Crippen molar-refractivity contribution in [1.82, 2.24) is 15.5 Å². The smallest absolute Gasteiger partial charge is 0.322 e. The van der Waals surface area contributed by atoms with Crippen molar-refractivity contribution in [2.45, 2.75) is 24.9 Å². The lowest BCUT2D eigenvalue weighted by atomic mass is 10.2. The quantitative estimate of drug-likeness (QED) is 0.327. The van der Waals surface area contributed by atoms with Gasteiger partial charge < -0.3 is 31.5 Å². The Morgan fingerprint density at radius 1 is 1.32 bits per heavy atom. The van der Waals surface area contributed by atoms with E-state index in [1.165, 1.54) is 4.90 Å². The summed E-state index contributed by atoms with van der Waals surface area (Å²) in [5.41, 5.74) is 5.28. The molecule has 0 aromatic carbocycles. The highest BCUT2D eigenvalue weighted by Gasteiger charge is 2.35. The van der Waals surface area contributed by atoms with Crippen LogP contribution in [-0.2, 0) is 19.2 Å². The Morgan fingerprint density at radius 2 is 2.00 bits per heavy atom. The number of carboxylic acid groups (broad SMARTS) is 1. The van der Waals surface area contributed by atoms with Crippen LogP contribution in [0.15, 0.2) is 0 Å². The summed E-state index contributed by atoms with van der Waals surface area (Å²) in [6.07, 6.45) is 1.07. The summed E-state index contributed by atoms with van der Waals surface area (Å²) in [4.78, 5) is 47.1. The van der Waals surface area contributed by atoms with E-state index < -0.39 is 43.0 Å². The molecular formula is C12H20N4O6. The van der Waals surface area contributed by atoms with Gasteiger partial charge in [0.2, 0.25) is 17.7 Å². The number of nitrogens with one attached hydrogen (secondary N) is 2. The van der Waals surface area contributed by atoms with Crippen LogP contribution in [0.3, 0.4) is 0 Å². The summed E-state index contributed by atoms with van der Waals surface area (Å²) in [7, 11) is 0. The molecule has 3 amide bonds. The Morgan fingerprint density at radius 3 is 2.55 bits per heavy atom. The van der Waals surface area contributed by atoms with E-state index in [-0.39, 0.29) is 12.5 Å². The van der Waals surface area contributed by atoms with Gasteiger partial charge >= 0.3 is 5.97 Å². The number of hydrogen-bond acceptors (Lipinski definition) is 6. The number of hydrogen-bond donors (Lipinski definition) is 5. The van der Waals surface area contributed by atoms with Gasteiger partial charge in [-0.2, -0.15) is 0 Å². The monoisotopic (exact) mass is 316 g/mol. The summed E-state index contributed by atoms with van der Waals surface area (Å²) in [6.45, 7) is -1.11. The highest BCUT2D eigenvalue weighted by atomic mass is 16.4. The zero-order valence-electron chi connectivity index (χ0n) is 11.9. The van der Waals surface area contributed by atoms with Gasteiger partial charge in [0, 0.05) is 6.54 Å². The molecule has 22 heavy (non-hydrogen) atoms. The molecule has 0 aromatic rings. The molecule has 0 spiro atoms. The van der Waals surface area contributed by atoms with Gasteiger partial charge in [-0.3, -0.25) is 19.2 Å². The molecule has 1 aliphatic heterocycles. The van der Waals surface area contributed by atoms with E-state index in [2.05, 4.69) is 10.6 Å². The Labute approximate surface area is 126 Å². The number of carbonyl (C=O) groups is 4. The molecule has 124 valence electrons. The molecule has 6 N–H and O–H groups in total. The van der Waals surface area contributed by atoms with Gasteiger partial charge in [-0.05, 0) is 12.8 Å². The standard InChI is InChI=1S/C12H20N4O6/c13-4-9(18)16-3-1-2-8(16)12(22)15-7(6-17)11(21)14-5-10(19)20/h7-8,17H,1-6,13H2,(H,14,21)(H,15,22)(H,19,20)/t7-,8-/m0/s1. The Kier molecular flexibility index (Phi) is 6.73. The van der Waals surface area contributed by atoms with Gasteiger partial charge in [0.1, 0.15) is 18.6 Å². The molecule has 0 aromatic heterocycles. The lowest BCUT2D eigenvalue weighted by molar-refractivity contribution is -0.140. The molecule has 10 nitrogen and oxygen atoms in total. The molecule has 0 radical (unpaired) electrons. The van der Waals surface area contributed by atoms with Gasteiger partial charge in [-0.25, -0.2) is 0 Å². The summed E-state index contributed by atoms with van der Waals surface area (Å²) < 4.78 is 0. The minimum atomic E-state index is -1.28. The van der Waals surface area contributed by atoms with Crippen molar-refractivity contribution in [2.75, 3.05) is 26.2 Å². The maximum absolute atomic E-state index is 12.1. The molecule has 1 saturated heterocycles. The van der Waals surface area contributed by atoms with Crippen molar-refractivity contribution in [3.05, 3.63) is 0 Å². The predicted molar refractivity (Wildman–Crippen MR) is 73.5 cm³/mol. The van der Waals surface area contributed by atoms with Crippen LogP contribution in [0.5, 0.6) is 0 Å². The number of nitrogens with two attached hydrogens (primary N) is 1. The first-order chi connectivity index (χ1) is 10.4. The van der Waals surface area contributed by atoms with E-state index >= 15 is 0 Å². The number of likely N-dealkylation sites (tertiary alicyclic amines) is 1. The fraction of sp³-hybridized carbons (Fsp3) is 0.667. The zero-order valence-corrected chi connectivity index (χ0v) is 11.9. The lowest BCUT2D eigenvalue weighted by Crippen LogP contribution is -2.55. The minimum absolute atomic E-state index is 0.216. The van der Waals surface area contributed by atoms with Crippen LogP contribution in [0.25, 0.3) is 0 Å². The molecule has 0 bridgehead atoms. The van der Waals surface area contributed by atoms with E-state index in [0.29, 0.717) is 19.4 Å². The van der Waals surface area contributed by atoms with Crippen LogP contribution < -0.4 is 16.4 Å². The second-order valence-corrected chi connectivity index (χ2v) is 4.80. The number of rotatable bonds is 7. The average Bonchev–Trinajstić information content (AvgIpc) is 2.98. The molecule has 1 rings (SSSR count). The fourth-order valence-corrected chi connectivity index (χ4v) is 2.20. The van der Waals surface area contributed by atoms with Crippen molar-refractivity contribution >= 4 is 23.7 Å². The average molecular weight is 316 g/mol. The van der Waals surface area contributed by atoms with E-state index in [0.717, 1.165) is 0 Å². The highest BCUT2D eigenvalue weighted by Crippen LogP contribution is 2.17. The fourth-order valence-electron chi connectivity index (χ4n) is 2.20. The second kappa shape index (κ2) is 8.29. The number of aliphatic hydroxyl groups excluding tert-OH is 1. The Balaban J connectivity index is 2.62. The molecule has 10 heteroatoms. The minimum Gasteiger partial charge on any atom is -0.480 e. The van der Waals surface area contributed by atoms with E-state index in [4.69, 9.17) is 15.9 Å². The number of aliphatic carboxylic acids is 1. The van der Waals surface area contributed by atoms with Crippen LogP contribution in [0.4, 0.5) is 0 Å². The predicted octanol–water partition coefficient (Wildman–Crippen LogP) is -3.39. The first-order valence-electron chi connectivity index (χ1n) is 6.81. The SMILES string of the molecule is NCC(=O)N1CCC[C@H]1C(=O)N[C@@H](CO)C(=O)NCC(=O)O. The van der Waals surface area contributed by atoms with Gasteiger partial charge in [-0.1, -0.05) is 0 Å². The van der Waals surface area contributed by atoms with Gasteiger partial charge in [0.25, 0.3) is 0 Å². The maximum atomic E-state index is 12.1. The number of carboxylic acids is 1. The maximum Gasteiger partial charge on any atom is 0.322 e. The summed E-state index contributed by atoms with van der Waals surface area (Å²) >= 11 is 0. The molecule has 0 unspecified atom stereocenters. The highest BCUT2D eigenvalue weighted by molar-refractivity contribution is 5.93. The van der Waals surface area contributed by atoms with Crippen molar-refractivity contribution in [2.24, 2.45) is 5.73 Å². The molecule has 1 heterocycles. The van der Waals surface area contributed by atoms with Crippen LogP contribution in [0.2, 0.25) is 0 Å². The first kappa shape index (κ1) is 17.9. The number of nitrogens with zero attached hydrogens (tertiary/aromatic N) is 1. The zero-order chi connectivity index (χ0) is 16.7. The van der Waals surface area contributed by atoms with Crippen molar-refractivity contribution < 1.29 is 29.4 Å². The molecular weight excluding hydrogens is 296 g/mol. The molecule has 1 fully saturated rings. The van der Waals surface area contributed by atoms with Crippen LogP contribution in [0, 0.1) is 0 Å². The largest absolute Gasteiger partial charge is 0.480 e. The number of aliphatic hydroxyl groups is 1. The third-order valence-electron chi connectivity index (χ3n) is 3.28. The molecule has 0 saturated carbocycles. The summed E-state index contributed by atoms with van der Waals surface area (Å²) in [6, 6.07) is -2.01. The van der Waals surface area contributed by atoms with Crippen LogP contribution >= 0.6 is 0 Å². The van der Waals surface area contributed by atoms with Crippen LogP contribution in [-0.4, -0.2) is 77.1 Å². The van der Waals surface area contributed by atoms with Crippen molar-refractivity contribution in [3.8, 4) is 0 Å². The summed E-state index contributed by atoms with van der Waals surface area (Å²) in [5, 5.41) is 22.0. The van der Waals surface area contributed by atoms with E-state index in [1.54, 1.807) is 0 Å². The van der Waals surface area contributed by atoms with Gasteiger partial charge in [0.15, 0.2) is 0 Å².